The van der Waals surface area contributed by atoms with Crippen LogP contribution in [0.1, 0.15) is 64.7 Å². The van der Waals surface area contributed by atoms with E-state index in [1.807, 2.05) is 0 Å². The highest BCUT2D eigenvalue weighted by molar-refractivity contribution is 9.09. The van der Waals surface area contributed by atoms with Crippen LogP contribution in [-0.4, -0.2) is 10.7 Å². The average Bonchev–Trinajstić information content (AvgIpc) is 2.17. The highest BCUT2D eigenvalue weighted by atomic mass is 79.9. The zero-order valence-electron chi connectivity index (χ0n) is 9.40. The van der Waals surface area contributed by atoms with Crippen LogP contribution in [0.3, 0.4) is 0 Å². The first-order valence-electron chi connectivity index (χ1n) is 6.01. The van der Waals surface area contributed by atoms with Crippen LogP contribution in [-0.2, 0) is 0 Å². The maximum atomic E-state index is 6.11. The summed E-state index contributed by atoms with van der Waals surface area (Å²) in [5.74, 6) is 0. The molecule has 0 aliphatic heterocycles. The van der Waals surface area contributed by atoms with Crippen molar-refractivity contribution < 1.29 is 0 Å². The van der Waals surface area contributed by atoms with Gasteiger partial charge in [-0.05, 0) is 12.8 Å². The molecule has 0 aromatic carbocycles. The summed E-state index contributed by atoms with van der Waals surface area (Å²) in [4.78, 5) is 0. The minimum Gasteiger partial charge on any atom is -0.123 e. The van der Waals surface area contributed by atoms with E-state index in [2.05, 4.69) is 22.9 Å². The molecule has 0 aliphatic carbocycles. The van der Waals surface area contributed by atoms with E-state index in [0.717, 1.165) is 11.8 Å². The third-order valence-corrected chi connectivity index (χ3v) is 3.44. The van der Waals surface area contributed by atoms with E-state index in [1.165, 1.54) is 51.4 Å². The predicted molar refractivity (Wildman–Crippen MR) is 70.7 cm³/mol. The second-order valence-corrected chi connectivity index (χ2v) is 5.40. The Bertz CT molecular complexity index is 106. The average molecular weight is 284 g/mol. The first kappa shape index (κ1) is 14.8. The fraction of sp³-hybridized carbons (Fsp3) is 1.00. The fourth-order valence-electron chi connectivity index (χ4n) is 1.59. The summed E-state index contributed by atoms with van der Waals surface area (Å²) < 4.78 is 0. The Morgan fingerprint density at radius 2 is 1.50 bits per heavy atom. The molecule has 0 nitrogen and oxygen atoms in total. The summed E-state index contributed by atoms with van der Waals surface area (Å²) in [5.41, 5.74) is 0. The first-order chi connectivity index (χ1) is 6.81. The quantitative estimate of drug-likeness (QED) is 0.366. The molecule has 14 heavy (non-hydrogen) atoms. The van der Waals surface area contributed by atoms with E-state index in [9.17, 15) is 0 Å². The van der Waals surface area contributed by atoms with Crippen molar-refractivity contribution in [3.8, 4) is 0 Å². The highest BCUT2D eigenvalue weighted by Gasteiger charge is 2.02. The highest BCUT2D eigenvalue weighted by Crippen LogP contribution is 2.15. The lowest BCUT2D eigenvalue weighted by Gasteiger charge is -2.06. The van der Waals surface area contributed by atoms with Crippen LogP contribution in [0.15, 0.2) is 0 Å². The van der Waals surface area contributed by atoms with Crippen molar-refractivity contribution in [3.05, 3.63) is 0 Å². The van der Waals surface area contributed by atoms with E-state index in [4.69, 9.17) is 11.6 Å². The van der Waals surface area contributed by atoms with Crippen LogP contribution in [0.4, 0.5) is 0 Å². The van der Waals surface area contributed by atoms with Gasteiger partial charge in [-0.2, -0.15) is 0 Å². The Hall–Kier alpha value is 0.770. The predicted octanol–water partition coefficient (Wildman–Crippen LogP) is 5.52. The molecular formula is C12H24BrCl. The number of alkyl halides is 2. The molecule has 1 atom stereocenters. The smallest absolute Gasteiger partial charge is 0.0344 e. The molecule has 2 heteroatoms. The molecule has 0 rings (SSSR count). The molecule has 0 radical (unpaired) electrons. The third kappa shape index (κ3) is 10.8. The van der Waals surface area contributed by atoms with Crippen molar-refractivity contribution in [2.75, 3.05) is 5.33 Å². The van der Waals surface area contributed by atoms with Crippen molar-refractivity contribution >= 4 is 27.5 Å². The van der Waals surface area contributed by atoms with Gasteiger partial charge in [0.25, 0.3) is 0 Å². The van der Waals surface area contributed by atoms with Crippen molar-refractivity contribution in [2.45, 2.75) is 70.1 Å². The van der Waals surface area contributed by atoms with E-state index in [-0.39, 0.29) is 0 Å². The minimum absolute atomic E-state index is 0.394. The number of hydrogen-bond donors (Lipinski definition) is 0. The lowest BCUT2D eigenvalue weighted by Crippen LogP contribution is -1.98. The maximum absolute atomic E-state index is 6.11. The third-order valence-electron chi connectivity index (χ3n) is 2.54. The number of unbranched alkanes of at least 4 members (excludes halogenated alkanes) is 6. The molecule has 0 amide bonds. The van der Waals surface area contributed by atoms with E-state index in [0.29, 0.717) is 5.38 Å². The van der Waals surface area contributed by atoms with Gasteiger partial charge in [-0.15, -0.1) is 11.6 Å². The molecule has 0 heterocycles. The van der Waals surface area contributed by atoms with Gasteiger partial charge in [0.05, 0.1) is 0 Å². The SMILES string of the molecule is CCCCCCCCCC(Cl)CCBr. The van der Waals surface area contributed by atoms with Gasteiger partial charge in [-0.1, -0.05) is 67.8 Å². The van der Waals surface area contributed by atoms with Gasteiger partial charge >= 0.3 is 0 Å². The van der Waals surface area contributed by atoms with Crippen molar-refractivity contribution in [3.63, 3.8) is 0 Å². The fourth-order valence-corrected chi connectivity index (χ4v) is 2.67. The summed E-state index contributed by atoms with van der Waals surface area (Å²) in [6.45, 7) is 2.26. The summed E-state index contributed by atoms with van der Waals surface area (Å²) in [7, 11) is 0. The lowest BCUT2D eigenvalue weighted by molar-refractivity contribution is 0.566. The van der Waals surface area contributed by atoms with Crippen LogP contribution in [0, 0.1) is 0 Å². The summed E-state index contributed by atoms with van der Waals surface area (Å²) in [6, 6.07) is 0. The van der Waals surface area contributed by atoms with Crippen LogP contribution < -0.4 is 0 Å². The molecular weight excluding hydrogens is 259 g/mol. The van der Waals surface area contributed by atoms with Gasteiger partial charge < -0.3 is 0 Å². The largest absolute Gasteiger partial charge is 0.123 e. The molecule has 1 unspecified atom stereocenters. The summed E-state index contributed by atoms with van der Waals surface area (Å²) in [5, 5.41) is 1.43. The number of rotatable bonds is 10. The van der Waals surface area contributed by atoms with Crippen LogP contribution in [0.5, 0.6) is 0 Å². The standard InChI is InChI=1S/C12H24BrCl/c1-2-3-4-5-6-7-8-9-12(14)10-11-13/h12H,2-11H2,1H3. The van der Waals surface area contributed by atoms with Gasteiger partial charge in [0, 0.05) is 10.7 Å². The molecule has 0 aromatic heterocycles. The molecule has 0 saturated heterocycles. The van der Waals surface area contributed by atoms with Crippen LogP contribution in [0.25, 0.3) is 0 Å². The summed E-state index contributed by atoms with van der Waals surface area (Å²) in [6.07, 6.45) is 12.0. The van der Waals surface area contributed by atoms with Gasteiger partial charge in [0.15, 0.2) is 0 Å². The second-order valence-electron chi connectivity index (χ2n) is 3.98. The molecule has 0 bridgehead atoms. The Morgan fingerprint density at radius 1 is 0.929 bits per heavy atom. The van der Waals surface area contributed by atoms with E-state index >= 15 is 0 Å². The van der Waals surface area contributed by atoms with Gasteiger partial charge in [0.1, 0.15) is 0 Å². The molecule has 86 valence electrons. The van der Waals surface area contributed by atoms with Gasteiger partial charge in [-0.3, -0.25) is 0 Å². The van der Waals surface area contributed by atoms with Crippen molar-refractivity contribution in [1.29, 1.82) is 0 Å². The van der Waals surface area contributed by atoms with E-state index < -0.39 is 0 Å². The molecule has 0 N–H and O–H groups in total. The number of halogens is 2. The molecule has 0 spiro atoms. The Labute approximate surface area is 103 Å². The Kier molecular flexibility index (Phi) is 12.5. The Balaban J connectivity index is 2.98. The molecule has 0 aliphatic rings. The zero-order valence-corrected chi connectivity index (χ0v) is 11.7. The molecule has 0 saturated carbocycles. The lowest BCUT2D eigenvalue weighted by atomic mass is 10.1. The molecule has 0 fully saturated rings. The normalized spacial score (nSPS) is 13.1. The monoisotopic (exact) mass is 282 g/mol. The van der Waals surface area contributed by atoms with Crippen molar-refractivity contribution in [2.24, 2.45) is 0 Å². The maximum Gasteiger partial charge on any atom is 0.0344 e. The molecule has 0 aromatic rings. The van der Waals surface area contributed by atoms with Crippen molar-refractivity contribution in [1.82, 2.24) is 0 Å². The zero-order chi connectivity index (χ0) is 10.6. The summed E-state index contributed by atoms with van der Waals surface area (Å²) >= 11 is 9.53. The number of hydrogen-bond acceptors (Lipinski definition) is 0. The minimum atomic E-state index is 0.394. The Morgan fingerprint density at radius 3 is 2.07 bits per heavy atom. The van der Waals surface area contributed by atoms with E-state index in [1.54, 1.807) is 0 Å². The van der Waals surface area contributed by atoms with Gasteiger partial charge in [-0.25, -0.2) is 0 Å². The first-order valence-corrected chi connectivity index (χ1v) is 7.57. The topological polar surface area (TPSA) is 0 Å². The van der Waals surface area contributed by atoms with Crippen LogP contribution >= 0.6 is 27.5 Å². The van der Waals surface area contributed by atoms with Gasteiger partial charge in [0.2, 0.25) is 0 Å². The second kappa shape index (κ2) is 11.8. The van der Waals surface area contributed by atoms with Crippen LogP contribution in [0.2, 0.25) is 0 Å².